The molecule has 0 amide bonds. The molecule has 0 saturated carbocycles. The average molecular weight is 204 g/mol. The first-order valence-corrected chi connectivity index (χ1v) is 4.42. The highest BCUT2D eigenvalue weighted by atomic mass is 79.9. The second-order valence-corrected chi connectivity index (χ2v) is 2.83. The smallest absolute Gasteiger partial charge is 0.231 e. The molecule has 0 aliphatic carbocycles. The number of nitrogens with zero attached hydrogens (tertiary/aromatic N) is 1. The molecule has 0 aliphatic rings. The maximum Gasteiger partial charge on any atom is 0.231 e. The van der Waals surface area contributed by atoms with E-state index in [4.69, 9.17) is 5.26 Å². The SMILES string of the molecule is N#CC(=O)CCCCCBr. The van der Waals surface area contributed by atoms with Gasteiger partial charge in [0.05, 0.1) is 0 Å². The van der Waals surface area contributed by atoms with E-state index in [2.05, 4.69) is 15.9 Å². The summed E-state index contributed by atoms with van der Waals surface area (Å²) in [5.41, 5.74) is 0. The first-order chi connectivity index (χ1) is 4.81. The van der Waals surface area contributed by atoms with Crippen LogP contribution in [0.3, 0.4) is 0 Å². The largest absolute Gasteiger partial charge is 0.283 e. The lowest BCUT2D eigenvalue weighted by atomic mass is 10.1. The van der Waals surface area contributed by atoms with Crippen LogP contribution in [0.4, 0.5) is 0 Å². The van der Waals surface area contributed by atoms with Gasteiger partial charge >= 0.3 is 0 Å². The van der Waals surface area contributed by atoms with Gasteiger partial charge in [0.1, 0.15) is 6.07 Å². The van der Waals surface area contributed by atoms with Gasteiger partial charge in [0.15, 0.2) is 0 Å². The van der Waals surface area contributed by atoms with E-state index in [9.17, 15) is 4.79 Å². The lowest BCUT2D eigenvalue weighted by Crippen LogP contribution is -1.91. The average Bonchev–Trinajstić information content (AvgIpc) is 1.98. The molecule has 0 saturated heterocycles. The topological polar surface area (TPSA) is 40.9 Å². The van der Waals surface area contributed by atoms with E-state index >= 15 is 0 Å². The fourth-order valence-corrected chi connectivity index (χ4v) is 1.01. The van der Waals surface area contributed by atoms with Crippen molar-refractivity contribution in [3.05, 3.63) is 0 Å². The molecule has 10 heavy (non-hydrogen) atoms. The van der Waals surface area contributed by atoms with Crippen LogP contribution in [0.2, 0.25) is 0 Å². The van der Waals surface area contributed by atoms with Gasteiger partial charge in [0.2, 0.25) is 5.78 Å². The number of rotatable bonds is 5. The van der Waals surface area contributed by atoms with Gasteiger partial charge in [-0.25, -0.2) is 0 Å². The molecule has 0 N–H and O–H groups in total. The van der Waals surface area contributed by atoms with Crippen LogP contribution in [0.5, 0.6) is 0 Å². The van der Waals surface area contributed by atoms with Crippen molar-refractivity contribution in [3.8, 4) is 6.07 Å². The second kappa shape index (κ2) is 6.76. The van der Waals surface area contributed by atoms with Crippen molar-refractivity contribution >= 4 is 21.7 Å². The van der Waals surface area contributed by atoms with E-state index in [0.29, 0.717) is 6.42 Å². The number of halogens is 1. The predicted molar refractivity (Wildman–Crippen MR) is 42.9 cm³/mol. The number of alkyl halides is 1. The molecule has 2 nitrogen and oxygen atoms in total. The molecule has 56 valence electrons. The van der Waals surface area contributed by atoms with Crippen molar-refractivity contribution in [2.45, 2.75) is 25.7 Å². The minimum absolute atomic E-state index is 0.297. The summed E-state index contributed by atoms with van der Waals surface area (Å²) in [4.78, 5) is 10.4. The monoisotopic (exact) mass is 203 g/mol. The number of carbonyl (C=O) groups is 1. The fraction of sp³-hybridized carbons (Fsp3) is 0.714. The highest BCUT2D eigenvalue weighted by Gasteiger charge is 1.96. The van der Waals surface area contributed by atoms with E-state index in [0.717, 1.165) is 24.6 Å². The molecule has 0 aromatic carbocycles. The molecular formula is C7H10BrNO. The van der Waals surface area contributed by atoms with Crippen LogP contribution in [0, 0.1) is 11.3 Å². The third-order valence-electron chi connectivity index (χ3n) is 1.16. The van der Waals surface area contributed by atoms with Crippen LogP contribution in [0.15, 0.2) is 0 Å². The van der Waals surface area contributed by atoms with Crippen LogP contribution in [-0.4, -0.2) is 11.1 Å². The van der Waals surface area contributed by atoms with Gasteiger partial charge in [0, 0.05) is 11.8 Å². The van der Waals surface area contributed by atoms with Gasteiger partial charge in [-0.05, 0) is 12.8 Å². The van der Waals surface area contributed by atoms with Gasteiger partial charge in [-0.1, -0.05) is 22.4 Å². The molecule has 0 aliphatic heterocycles. The van der Waals surface area contributed by atoms with Gasteiger partial charge < -0.3 is 0 Å². The molecule has 0 fully saturated rings. The third kappa shape index (κ3) is 5.77. The zero-order valence-electron chi connectivity index (χ0n) is 5.77. The Kier molecular flexibility index (Phi) is 6.51. The van der Waals surface area contributed by atoms with Crippen LogP contribution in [0.25, 0.3) is 0 Å². The molecule has 0 rings (SSSR count). The Labute approximate surface area is 69.4 Å². The Bertz CT molecular complexity index is 139. The number of hydrogen-bond donors (Lipinski definition) is 0. The Morgan fingerprint density at radius 3 is 2.60 bits per heavy atom. The van der Waals surface area contributed by atoms with Gasteiger partial charge in [-0.15, -0.1) is 0 Å². The fourth-order valence-electron chi connectivity index (χ4n) is 0.613. The van der Waals surface area contributed by atoms with Crippen molar-refractivity contribution in [1.82, 2.24) is 0 Å². The number of Topliss-reactive ketones (excluding diaryl/α,β-unsaturated/α-hetero) is 1. The summed E-state index contributed by atoms with van der Waals surface area (Å²) in [6.45, 7) is 0. The van der Waals surface area contributed by atoms with Gasteiger partial charge in [-0.3, -0.25) is 4.79 Å². The first kappa shape index (κ1) is 9.64. The van der Waals surface area contributed by atoms with Gasteiger partial charge in [0.25, 0.3) is 0 Å². The molecule has 0 aromatic heterocycles. The molecule has 0 bridgehead atoms. The lowest BCUT2D eigenvalue weighted by Gasteiger charge is -1.91. The molecule has 0 aromatic rings. The quantitative estimate of drug-likeness (QED) is 0.390. The first-order valence-electron chi connectivity index (χ1n) is 3.30. The zero-order valence-corrected chi connectivity index (χ0v) is 7.35. The molecule has 0 atom stereocenters. The van der Waals surface area contributed by atoms with Crippen molar-refractivity contribution in [1.29, 1.82) is 5.26 Å². The maximum atomic E-state index is 10.4. The predicted octanol–water partition coefficient (Wildman–Crippen LogP) is 2.03. The normalized spacial score (nSPS) is 8.80. The van der Waals surface area contributed by atoms with Crippen molar-refractivity contribution < 1.29 is 4.79 Å². The number of nitriles is 1. The summed E-state index contributed by atoms with van der Waals surface area (Å²) < 4.78 is 0. The number of hydrogen-bond acceptors (Lipinski definition) is 2. The Balaban J connectivity index is 3.06. The second-order valence-electron chi connectivity index (χ2n) is 2.03. The Morgan fingerprint density at radius 2 is 2.10 bits per heavy atom. The van der Waals surface area contributed by atoms with Crippen molar-refractivity contribution in [2.75, 3.05) is 5.33 Å². The highest BCUT2D eigenvalue weighted by Crippen LogP contribution is 2.01. The molecular weight excluding hydrogens is 194 g/mol. The molecule has 0 radical (unpaired) electrons. The third-order valence-corrected chi connectivity index (χ3v) is 1.72. The Morgan fingerprint density at radius 1 is 1.40 bits per heavy atom. The summed E-state index contributed by atoms with van der Waals surface area (Å²) in [6, 6.07) is 1.59. The van der Waals surface area contributed by atoms with E-state index in [-0.39, 0.29) is 5.78 Å². The number of carbonyl (C=O) groups excluding carboxylic acids is 1. The van der Waals surface area contributed by atoms with E-state index in [1.54, 1.807) is 6.07 Å². The van der Waals surface area contributed by atoms with Crippen molar-refractivity contribution in [2.24, 2.45) is 0 Å². The summed E-state index contributed by atoms with van der Waals surface area (Å²) in [5.74, 6) is -0.297. The summed E-state index contributed by atoms with van der Waals surface area (Å²) in [7, 11) is 0. The molecule has 0 unspecified atom stereocenters. The van der Waals surface area contributed by atoms with Crippen molar-refractivity contribution in [3.63, 3.8) is 0 Å². The lowest BCUT2D eigenvalue weighted by molar-refractivity contribution is -0.114. The molecule has 3 heteroatoms. The van der Waals surface area contributed by atoms with Crippen LogP contribution < -0.4 is 0 Å². The molecule has 0 heterocycles. The van der Waals surface area contributed by atoms with Crippen LogP contribution in [0.1, 0.15) is 25.7 Å². The summed E-state index contributed by atoms with van der Waals surface area (Å²) in [6.07, 6.45) is 3.37. The Hall–Kier alpha value is -0.360. The van der Waals surface area contributed by atoms with Crippen LogP contribution in [-0.2, 0) is 4.79 Å². The number of unbranched alkanes of at least 4 members (excludes halogenated alkanes) is 2. The summed E-state index contributed by atoms with van der Waals surface area (Å²) >= 11 is 3.28. The van der Waals surface area contributed by atoms with E-state index < -0.39 is 0 Å². The van der Waals surface area contributed by atoms with Gasteiger partial charge in [-0.2, -0.15) is 5.26 Å². The van der Waals surface area contributed by atoms with E-state index in [1.165, 1.54) is 0 Å². The standard InChI is InChI=1S/C7H10BrNO/c8-5-3-1-2-4-7(10)6-9/h1-5H2. The minimum Gasteiger partial charge on any atom is -0.283 e. The zero-order chi connectivity index (χ0) is 7.82. The van der Waals surface area contributed by atoms with Crippen LogP contribution >= 0.6 is 15.9 Å². The minimum atomic E-state index is -0.297. The summed E-state index contributed by atoms with van der Waals surface area (Å²) in [5, 5.41) is 9.06. The van der Waals surface area contributed by atoms with E-state index in [1.807, 2.05) is 0 Å². The molecule has 0 spiro atoms. The number of ketones is 1. The maximum absolute atomic E-state index is 10.4. The highest BCUT2D eigenvalue weighted by molar-refractivity contribution is 9.09.